The average molecular weight is 275 g/mol. The normalized spacial score (nSPS) is 23.4. The fraction of sp³-hybridized carbons (Fsp3) is 0.688. The number of pyridine rings is 1. The predicted molar refractivity (Wildman–Crippen MR) is 79.4 cm³/mol. The molecule has 1 saturated heterocycles. The molecule has 0 amide bonds. The molecule has 1 N–H and O–H groups in total. The number of rotatable bonds is 7. The van der Waals surface area contributed by atoms with Crippen LogP contribution in [0, 0.1) is 5.92 Å². The molecule has 0 radical (unpaired) electrons. The van der Waals surface area contributed by atoms with Gasteiger partial charge in [-0.3, -0.25) is 9.88 Å². The molecule has 2 heterocycles. The maximum absolute atomic E-state index is 5.25. The third-order valence-electron chi connectivity index (χ3n) is 4.17. The van der Waals surface area contributed by atoms with Crippen molar-refractivity contribution in [2.24, 2.45) is 5.92 Å². The van der Waals surface area contributed by atoms with Crippen molar-refractivity contribution in [3.05, 3.63) is 29.6 Å². The number of nitrogens with zero attached hydrogens (tertiary/aromatic N) is 2. The molecular weight excluding hydrogens is 250 g/mol. The minimum atomic E-state index is 0.694. The van der Waals surface area contributed by atoms with Crippen LogP contribution in [0.1, 0.15) is 30.7 Å². The number of ether oxygens (including phenoxy) is 1. The molecule has 0 spiro atoms. The van der Waals surface area contributed by atoms with Gasteiger partial charge in [0.15, 0.2) is 0 Å². The van der Waals surface area contributed by atoms with Crippen molar-refractivity contribution < 1.29 is 4.74 Å². The number of hydrogen-bond acceptors (Lipinski definition) is 4. The molecule has 0 aromatic carbocycles. The summed E-state index contributed by atoms with van der Waals surface area (Å²) in [4.78, 5) is 7.26. The third-order valence-corrected chi connectivity index (χ3v) is 4.17. The molecule has 3 rings (SSSR count). The maximum Gasteiger partial charge on any atom is 0.0547 e. The van der Waals surface area contributed by atoms with E-state index in [-0.39, 0.29) is 0 Å². The number of hydrogen-bond donors (Lipinski definition) is 1. The summed E-state index contributed by atoms with van der Waals surface area (Å²) in [5, 5.41) is 3.52. The highest BCUT2D eigenvalue weighted by atomic mass is 16.5. The molecule has 4 nitrogen and oxygen atoms in total. The summed E-state index contributed by atoms with van der Waals surface area (Å²) in [6, 6.07) is 7.14. The summed E-state index contributed by atoms with van der Waals surface area (Å²) in [6.07, 6.45) is 3.90. The zero-order chi connectivity index (χ0) is 13.8. The van der Waals surface area contributed by atoms with Crippen molar-refractivity contribution in [2.75, 3.05) is 26.8 Å². The zero-order valence-electron chi connectivity index (χ0n) is 12.3. The summed E-state index contributed by atoms with van der Waals surface area (Å²) < 4.78 is 5.25. The summed E-state index contributed by atoms with van der Waals surface area (Å²) in [5.41, 5.74) is 2.36. The van der Waals surface area contributed by atoms with Crippen molar-refractivity contribution in [1.82, 2.24) is 15.2 Å². The second kappa shape index (κ2) is 6.66. The molecule has 1 unspecified atom stereocenters. The molecule has 1 aromatic heterocycles. The van der Waals surface area contributed by atoms with Gasteiger partial charge in [-0.05, 0) is 43.9 Å². The van der Waals surface area contributed by atoms with Gasteiger partial charge in [-0.2, -0.15) is 0 Å². The highest BCUT2D eigenvalue weighted by Gasteiger charge is 2.23. The van der Waals surface area contributed by atoms with Gasteiger partial charge in [0.05, 0.1) is 18.0 Å². The SMILES string of the molecule is COCC1CCN(Cc2cccc(CNC3CC3)n2)C1. The largest absolute Gasteiger partial charge is 0.384 e. The van der Waals surface area contributed by atoms with Gasteiger partial charge in [-0.1, -0.05) is 6.07 Å². The number of likely N-dealkylation sites (tertiary alicyclic amines) is 1. The molecule has 20 heavy (non-hydrogen) atoms. The van der Waals surface area contributed by atoms with E-state index in [1.807, 2.05) is 0 Å². The summed E-state index contributed by atoms with van der Waals surface area (Å²) in [5.74, 6) is 0.694. The molecule has 1 saturated carbocycles. The van der Waals surface area contributed by atoms with Crippen molar-refractivity contribution in [2.45, 2.75) is 38.4 Å². The molecule has 4 heteroatoms. The molecule has 2 aliphatic rings. The maximum atomic E-state index is 5.25. The topological polar surface area (TPSA) is 37.4 Å². The van der Waals surface area contributed by atoms with Crippen LogP contribution in [0.5, 0.6) is 0 Å². The Morgan fingerprint density at radius 3 is 2.95 bits per heavy atom. The molecule has 1 aliphatic carbocycles. The monoisotopic (exact) mass is 275 g/mol. The quantitative estimate of drug-likeness (QED) is 0.823. The lowest BCUT2D eigenvalue weighted by Gasteiger charge is -2.16. The fourth-order valence-corrected chi connectivity index (χ4v) is 2.91. The van der Waals surface area contributed by atoms with E-state index in [1.54, 1.807) is 7.11 Å². The van der Waals surface area contributed by atoms with E-state index in [2.05, 4.69) is 28.4 Å². The van der Waals surface area contributed by atoms with Crippen molar-refractivity contribution in [3.63, 3.8) is 0 Å². The lowest BCUT2D eigenvalue weighted by molar-refractivity contribution is 0.152. The first-order chi connectivity index (χ1) is 9.83. The highest BCUT2D eigenvalue weighted by Crippen LogP contribution is 2.20. The first kappa shape index (κ1) is 14.0. The standard InChI is InChI=1S/C16H25N3O/c1-20-12-13-7-8-19(10-13)11-16-4-2-3-15(18-16)9-17-14-5-6-14/h2-4,13-14,17H,5-12H2,1H3. The van der Waals surface area contributed by atoms with E-state index in [4.69, 9.17) is 9.72 Å². The van der Waals surface area contributed by atoms with Gasteiger partial charge in [-0.15, -0.1) is 0 Å². The second-order valence-corrected chi connectivity index (χ2v) is 6.12. The van der Waals surface area contributed by atoms with Crippen LogP contribution >= 0.6 is 0 Å². The van der Waals surface area contributed by atoms with Crippen molar-refractivity contribution >= 4 is 0 Å². The van der Waals surface area contributed by atoms with Gasteiger partial charge in [0.1, 0.15) is 0 Å². The van der Waals surface area contributed by atoms with E-state index in [1.165, 1.54) is 37.2 Å². The predicted octanol–water partition coefficient (Wildman–Crippen LogP) is 1.80. The minimum Gasteiger partial charge on any atom is -0.384 e. The Morgan fingerprint density at radius 2 is 2.15 bits per heavy atom. The van der Waals surface area contributed by atoms with Crippen LogP contribution in [0.3, 0.4) is 0 Å². The van der Waals surface area contributed by atoms with Crippen LogP contribution in [0.25, 0.3) is 0 Å². The third kappa shape index (κ3) is 4.01. The smallest absolute Gasteiger partial charge is 0.0547 e. The Labute approximate surface area is 121 Å². The van der Waals surface area contributed by atoms with E-state index in [0.29, 0.717) is 5.92 Å². The lowest BCUT2D eigenvalue weighted by Crippen LogP contribution is -2.22. The van der Waals surface area contributed by atoms with Crippen LogP contribution in [-0.4, -0.2) is 42.7 Å². The van der Waals surface area contributed by atoms with Crippen LogP contribution < -0.4 is 5.32 Å². The van der Waals surface area contributed by atoms with E-state index < -0.39 is 0 Å². The molecule has 1 aromatic rings. The van der Waals surface area contributed by atoms with Crippen LogP contribution in [-0.2, 0) is 17.8 Å². The second-order valence-electron chi connectivity index (χ2n) is 6.12. The Balaban J connectivity index is 1.50. The Morgan fingerprint density at radius 1 is 1.30 bits per heavy atom. The number of methoxy groups -OCH3 is 1. The number of nitrogens with one attached hydrogen (secondary N) is 1. The first-order valence-electron chi connectivity index (χ1n) is 7.73. The summed E-state index contributed by atoms with van der Waals surface area (Å²) in [6.45, 7) is 5.07. The average Bonchev–Trinajstić information content (AvgIpc) is 3.19. The first-order valence-corrected chi connectivity index (χ1v) is 7.73. The highest BCUT2D eigenvalue weighted by molar-refractivity contribution is 5.11. The van der Waals surface area contributed by atoms with E-state index in [9.17, 15) is 0 Å². The van der Waals surface area contributed by atoms with E-state index >= 15 is 0 Å². The number of aromatic nitrogens is 1. The Hall–Kier alpha value is -0.970. The van der Waals surface area contributed by atoms with Gasteiger partial charge in [0.2, 0.25) is 0 Å². The minimum absolute atomic E-state index is 0.694. The fourth-order valence-electron chi connectivity index (χ4n) is 2.91. The van der Waals surface area contributed by atoms with Crippen LogP contribution in [0.15, 0.2) is 18.2 Å². The van der Waals surface area contributed by atoms with Gasteiger partial charge in [0, 0.05) is 32.8 Å². The summed E-state index contributed by atoms with van der Waals surface area (Å²) >= 11 is 0. The van der Waals surface area contributed by atoms with Gasteiger partial charge in [0.25, 0.3) is 0 Å². The Bertz CT molecular complexity index is 433. The van der Waals surface area contributed by atoms with Gasteiger partial charge in [-0.25, -0.2) is 0 Å². The summed E-state index contributed by atoms with van der Waals surface area (Å²) in [7, 11) is 1.79. The molecule has 2 fully saturated rings. The Kier molecular flexibility index (Phi) is 4.65. The van der Waals surface area contributed by atoms with Crippen LogP contribution in [0.2, 0.25) is 0 Å². The molecule has 0 bridgehead atoms. The zero-order valence-corrected chi connectivity index (χ0v) is 12.3. The molecule has 110 valence electrons. The molecular formula is C16H25N3O. The molecule has 1 aliphatic heterocycles. The molecule has 1 atom stereocenters. The van der Waals surface area contributed by atoms with Gasteiger partial charge < -0.3 is 10.1 Å². The van der Waals surface area contributed by atoms with Crippen LogP contribution in [0.4, 0.5) is 0 Å². The lowest BCUT2D eigenvalue weighted by atomic mass is 10.1. The van der Waals surface area contributed by atoms with Gasteiger partial charge >= 0.3 is 0 Å². The van der Waals surface area contributed by atoms with E-state index in [0.717, 1.165) is 32.3 Å². The van der Waals surface area contributed by atoms with Crippen molar-refractivity contribution in [1.29, 1.82) is 0 Å². The van der Waals surface area contributed by atoms with Crippen molar-refractivity contribution in [3.8, 4) is 0 Å².